The van der Waals surface area contributed by atoms with Gasteiger partial charge in [0.25, 0.3) is 0 Å². The van der Waals surface area contributed by atoms with Crippen LogP contribution in [-0.2, 0) is 14.8 Å². The number of nitrogens with zero attached hydrogens (tertiary/aromatic N) is 1. The number of carbonyl (C=O) groups is 2. The first-order valence-corrected chi connectivity index (χ1v) is 11.6. The highest BCUT2D eigenvalue weighted by molar-refractivity contribution is 7.89. The van der Waals surface area contributed by atoms with Gasteiger partial charge in [0.15, 0.2) is 5.78 Å². The predicted octanol–water partition coefficient (Wildman–Crippen LogP) is 3.95. The first kappa shape index (κ1) is 23.8. The zero-order valence-electron chi connectivity index (χ0n) is 17.8. The van der Waals surface area contributed by atoms with Crippen LogP contribution in [0.1, 0.15) is 61.5 Å². The molecule has 0 saturated heterocycles. The van der Waals surface area contributed by atoms with Gasteiger partial charge in [0.2, 0.25) is 15.9 Å². The summed E-state index contributed by atoms with van der Waals surface area (Å²) in [6.07, 6.45) is 2.46. The molecule has 2 aromatic carbocycles. The van der Waals surface area contributed by atoms with Crippen molar-refractivity contribution in [2.45, 2.75) is 50.5 Å². The van der Waals surface area contributed by atoms with E-state index < -0.39 is 10.0 Å². The van der Waals surface area contributed by atoms with E-state index in [9.17, 15) is 18.0 Å². The summed E-state index contributed by atoms with van der Waals surface area (Å²) >= 11 is 0. The summed E-state index contributed by atoms with van der Waals surface area (Å²) in [7, 11) is -2.17. The van der Waals surface area contributed by atoms with Crippen molar-refractivity contribution in [3.05, 3.63) is 65.7 Å². The summed E-state index contributed by atoms with van der Waals surface area (Å²) < 4.78 is 26.6. The molecule has 1 atom stereocenters. The largest absolute Gasteiger partial charge is 0.349 e. The van der Waals surface area contributed by atoms with Crippen LogP contribution in [0.4, 0.5) is 0 Å². The molecule has 0 saturated carbocycles. The van der Waals surface area contributed by atoms with Gasteiger partial charge in [-0.15, -0.1) is 0 Å². The van der Waals surface area contributed by atoms with Crippen LogP contribution in [0.2, 0.25) is 0 Å². The molecule has 2 aromatic rings. The number of hydrogen-bond acceptors (Lipinski definition) is 4. The Balaban J connectivity index is 1.90. The predicted molar refractivity (Wildman–Crippen MR) is 118 cm³/mol. The Morgan fingerprint density at radius 1 is 1.03 bits per heavy atom. The van der Waals surface area contributed by atoms with Gasteiger partial charge in [-0.1, -0.05) is 55.8 Å². The third-order valence-electron chi connectivity index (χ3n) is 4.96. The van der Waals surface area contributed by atoms with Gasteiger partial charge in [-0.3, -0.25) is 9.59 Å². The molecule has 0 fully saturated rings. The number of amides is 1. The molecule has 0 aliphatic heterocycles. The summed E-state index contributed by atoms with van der Waals surface area (Å²) in [5, 5.41) is 3.06. The van der Waals surface area contributed by atoms with Gasteiger partial charge in [0, 0.05) is 25.6 Å². The zero-order valence-corrected chi connectivity index (χ0v) is 18.6. The molecule has 0 bridgehead atoms. The Morgan fingerprint density at radius 3 is 2.23 bits per heavy atom. The van der Waals surface area contributed by atoms with Crippen LogP contribution in [0.25, 0.3) is 0 Å². The van der Waals surface area contributed by atoms with Crippen molar-refractivity contribution < 1.29 is 18.0 Å². The molecule has 2 rings (SSSR count). The van der Waals surface area contributed by atoms with Crippen LogP contribution in [0.5, 0.6) is 0 Å². The Hall–Kier alpha value is -2.51. The second-order valence-electron chi connectivity index (χ2n) is 7.33. The smallest absolute Gasteiger partial charge is 0.242 e. The summed E-state index contributed by atoms with van der Waals surface area (Å²) in [4.78, 5) is 23.9. The van der Waals surface area contributed by atoms with Gasteiger partial charge in [0.1, 0.15) is 0 Å². The Labute approximate surface area is 179 Å². The fourth-order valence-electron chi connectivity index (χ4n) is 3.19. The van der Waals surface area contributed by atoms with E-state index in [0.717, 1.165) is 18.4 Å². The molecule has 162 valence electrons. The third kappa shape index (κ3) is 6.50. The summed E-state index contributed by atoms with van der Waals surface area (Å²) in [5.74, 6) is -0.205. The average molecular weight is 431 g/mol. The van der Waals surface area contributed by atoms with Crippen molar-refractivity contribution in [2.24, 2.45) is 0 Å². The van der Waals surface area contributed by atoms with Gasteiger partial charge in [-0.05, 0) is 37.5 Å². The number of nitrogens with one attached hydrogen (secondary N) is 1. The first-order chi connectivity index (χ1) is 14.3. The molecule has 0 aliphatic rings. The van der Waals surface area contributed by atoms with E-state index in [-0.39, 0.29) is 35.6 Å². The van der Waals surface area contributed by atoms with E-state index in [1.54, 1.807) is 0 Å². The van der Waals surface area contributed by atoms with Crippen molar-refractivity contribution >= 4 is 21.7 Å². The van der Waals surface area contributed by atoms with E-state index in [1.807, 2.05) is 30.3 Å². The second kappa shape index (κ2) is 11.0. The van der Waals surface area contributed by atoms with Gasteiger partial charge < -0.3 is 5.32 Å². The number of carbonyl (C=O) groups excluding carboxylic acids is 2. The summed E-state index contributed by atoms with van der Waals surface area (Å²) in [6, 6.07) is 15.7. The fraction of sp³-hybridized carbons (Fsp3) is 0.391. The molecule has 6 nitrogen and oxygen atoms in total. The average Bonchev–Trinajstić information content (AvgIpc) is 2.74. The molecular weight excluding hydrogens is 400 g/mol. The maximum absolute atomic E-state index is 12.7. The monoisotopic (exact) mass is 430 g/mol. The highest BCUT2D eigenvalue weighted by Crippen LogP contribution is 2.19. The van der Waals surface area contributed by atoms with Crippen LogP contribution in [0, 0.1) is 0 Å². The number of sulfonamides is 1. The summed E-state index contributed by atoms with van der Waals surface area (Å²) in [5.41, 5.74) is 1.54. The lowest BCUT2D eigenvalue weighted by Gasteiger charge is -2.20. The molecule has 1 unspecified atom stereocenters. The third-order valence-corrected chi connectivity index (χ3v) is 6.83. The van der Waals surface area contributed by atoms with E-state index in [1.165, 1.54) is 42.5 Å². The maximum atomic E-state index is 12.7. The van der Waals surface area contributed by atoms with Crippen molar-refractivity contribution in [3.8, 4) is 0 Å². The molecule has 0 radical (unpaired) electrons. The lowest BCUT2D eigenvalue weighted by molar-refractivity contribution is -0.122. The number of rotatable bonds is 11. The highest BCUT2D eigenvalue weighted by atomic mass is 32.2. The number of Topliss-reactive ketones (excluding diaryl/α,β-unsaturated/α-hetero) is 1. The lowest BCUT2D eigenvalue weighted by Crippen LogP contribution is -2.31. The Morgan fingerprint density at radius 2 is 1.67 bits per heavy atom. The molecule has 0 aliphatic carbocycles. The van der Waals surface area contributed by atoms with Crippen LogP contribution >= 0.6 is 0 Å². The normalized spacial score (nSPS) is 12.5. The lowest BCUT2D eigenvalue weighted by atomic mass is 10.0. The maximum Gasteiger partial charge on any atom is 0.242 e. The van der Waals surface area contributed by atoms with E-state index in [0.29, 0.717) is 12.0 Å². The van der Waals surface area contributed by atoms with Gasteiger partial charge in [-0.2, -0.15) is 0 Å². The van der Waals surface area contributed by atoms with Crippen LogP contribution < -0.4 is 5.32 Å². The molecule has 0 spiro atoms. The van der Waals surface area contributed by atoms with E-state index in [4.69, 9.17) is 0 Å². The van der Waals surface area contributed by atoms with Gasteiger partial charge in [0.05, 0.1) is 10.9 Å². The Kier molecular flexibility index (Phi) is 8.74. The van der Waals surface area contributed by atoms with Gasteiger partial charge >= 0.3 is 0 Å². The molecule has 0 aromatic heterocycles. The minimum atomic E-state index is -3.66. The first-order valence-electron chi connectivity index (χ1n) is 10.2. The molecule has 1 N–H and O–H groups in total. The van der Waals surface area contributed by atoms with Gasteiger partial charge in [-0.25, -0.2) is 12.7 Å². The second-order valence-corrected chi connectivity index (χ2v) is 9.38. The van der Waals surface area contributed by atoms with Crippen molar-refractivity contribution in [1.82, 2.24) is 9.62 Å². The van der Waals surface area contributed by atoms with Crippen molar-refractivity contribution in [2.75, 3.05) is 13.6 Å². The SMILES string of the molecule is CCCC(NC(=O)CCCN(C)S(=O)(=O)c1ccc(C(C)=O)cc1)c1ccccc1. The van der Waals surface area contributed by atoms with Crippen LogP contribution in [0.3, 0.4) is 0 Å². The van der Waals surface area contributed by atoms with E-state index >= 15 is 0 Å². The minimum absolute atomic E-state index is 0.0371. The zero-order chi connectivity index (χ0) is 22.1. The van der Waals surface area contributed by atoms with Crippen molar-refractivity contribution in [1.29, 1.82) is 0 Å². The number of benzene rings is 2. The topological polar surface area (TPSA) is 83.6 Å². The minimum Gasteiger partial charge on any atom is -0.349 e. The number of ketones is 1. The quantitative estimate of drug-likeness (QED) is 0.547. The van der Waals surface area contributed by atoms with Crippen LogP contribution in [0.15, 0.2) is 59.5 Å². The molecule has 1 amide bonds. The molecular formula is C23H30N2O4S. The number of hydrogen-bond donors (Lipinski definition) is 1. The van der Waals surface area contributed by atoms with Crippen molar-refractivity contribution in [3.63, 3.8) is 0 Å². The molecule has 7 heteroatoms. The molecule has 0 heterocycles. The molecule has 30 heavy (non-hydrogen) atoms. The Bertz CT molecular complexity index is 941. The fourth-order valence-corrected chi connectivity index (χ4v) is 4.40. The summed E-state index contributed by atoms with van der Waals surface area (Å²) in [6.45, 7) is 3.74. The highest BCUT2D eigenvalue weighted by Gasteiger charge is 2.21. The van der Waals surface area contributed by atoms with Crippen LogP contribution in [-0.4, -0.2) is 38.0 Å². The standard InChI is InChI=1S/C23H30N2O4S/c1-4-9-22(20-10-6-5-7-11-20)24-23(27)12-8-17-25(3)30(28,29)21-15-13-19(14-16-21)18(2)26/h5-7,10-11,13-16,22H,4,8-9,12,17H2,1-3H3,(H,24,27). The van der Waals surface area contributed by atoms with E-state index in [2.05, 4.69) is 12.2 Å².